The van der Waals surface area contributed by atoms with Crippen molar-refractivity contribution in [2.75, 3.05) is 13.2 Å². The topological polar surface area (TPSA) is 49.3 Å². The average Bonchev–Trinajstić information content (AvgIpc) is 3.10. The van der Waals surface area contributed by atoms with Gasteiger partial charge in [0.05, 0.1) is 0 Å². The number of aliphatic hydroxyl groups excluding tert-OH is 1. The Kier molecular flexibility index (Phi) is 20.5. The molecule has 1 aliphatic heterocycles. The summed E-state index contributed by atoms with van der Waals surface area (Å²) in [5.74, 6) is 0.204. The fraction of sp³-hybridized carbons (Fsp3) is 0.864. The Labute approximate surface area is 156 Å². The largest absolute Gasteiger partial charge is 0.396 e. The summed E-state index contributed by atoms with van der Waals surface area (Å²) in [6, 6.07) is 0. The van der Waals surface area contributed by atoms with Gasteiger partial charge in [0.25, 0.3) is 0 Å². The van der Waals surface area contributed by atoms with E-state index in [9.17, 15) is 4.79 Å². The van der Waals surface area contributed by atoms with Crippen LogP contribution in [0.15, 0.2) is 12.2 Å². The smallest absolute Gasteiger partial charge is 0.220 e. The minimum atomic E-state index is 0.204. The lowest BCUT2D eigenvalue weighted by Gasteiger charge is -1.99. The normalized spacial score (nSPS) is 13.8. The molecule has 0 aliphatic carbocycles. The first kappa shape index (κ1) is 24.2. The van der Waals surface area contributed by atoms with Crippen LogP contribution in [-0.4, -0.2) is 24.2 Å². The molecule has 3 heteroatoms. The van der Waals surface area contributed by atoms with E-state index in [0.717, 1.165) is 25.8 Å². The summed E-state index contributed by atoms with van der Waals surface area (Å²) in [6.45, 7) is 3.52. The van der Waals surface area contributed by atoms with Crippen molar-refractivity contribution in [2.45, 2.75) is 110 Å². The average molecular weight is 354 g/mol. The lowest BCUT2D eigenvalue weighted by Crippen LogP contribution is -2.12. The first-order valence-corrected chi connectivity index (χ1v) is 10.8. The predicted molar refractivity (Wildman–Crippen MR) is 109 cm³/mol. The Morgan fingerprint density at radius 3 is 1.76 bits per heavy atom. The molecule has 25 heavy (non-hydrogen) atoms. The molecular formula is C22H43NO2. The summed E-state index contributed by atoms with van der Waals surface area (Å²) in [5, 5.41) is 11.3. The molecule has 0 bridgehead atoms. The van der Waals surface area contributed by atoms with Crippen molar-refractivity contribution in [3.63, 3.8) is 0 Å². The molecule has 2 N–H and O–H groups in total. The molecule has 0 saturated carbocycles. The molecule has 0 aromatic heterocycles. The maximum Gasteiger partial charge on any atom is 0.220 e. The zero-order valence-corrected chi connectivity index (χ0v) is 16.7. The molecule has 1 fully saturated rings. The lowest BCUT2D eigenvalue weighted by atomic mass is 10.1. The van der Waals surface area contributed by atoms with Crippen LogP contribution in [0.1, 0.15) is 110 Å². The maximum atomic E-state index is 10.1. The summed E-state index contributed by atoms with van der Waals surface area (Å²) in [5.41, 5.74) is 0. The van der Waals surface area contributed by atoms with Crippen molar-refractivity contribution < 1.29 is 9.90 Å². The molecule has 0 aromatic rings. The van der Waals surface area contributed by atoms with Crippen molar-refractivity contribution in [1.29, 1.82) is 0 Å². The fourth-order valence-corrected chi connectivity index (χ4v) is 2.92. The molecule has 1 heterocycles. The van der Waals surface area contributed by atoms with Gasteiger partial charge in [0.2, 0.25) is 5.91 Å². The second-order valence-electron chi connectivity index (χ2n) is 7.11. The van der Waals surface area contributed by atoms with Crippen LogP contribution in [0.4, 0.5) is 0 Å². The van der Waals surface area contributed by atoms with Crippen LogP contribution in [0.25, 0.3) is 0 Å². The second kappa shape index (κ2) is 21.2. The van der Waals surface area contributed by atoms with Crippen LogP contribution in [-0.2, 0) is 4.79 Å². The van der Waals surface area contributed by atoms with Crippen molar-refractivity contribution in [2.24, 2.45) is 0 Å². The molecule has 1 aliphatic rings. The number of hydrogen-bond acceptors (Lipinski definition) is 2. The highest BCUT2D eigenvalue weighted by Gasteiger charge is 2.05. The van der Waals surface area contributed by atoms with Crippen LogP contribution in [0.2, 0.25) is 0 Å². The van der Waals surface area contributed by atoms with Crippen LogP contribution >= 0.6 is 0 Å². The molecule has 148 valence electrons. The first-order chi connectivity index (χ1) is 12.3. The van der Waals surface area contributed by atoms with Gasteiger partial charge in [-0.2, -0.15) is 0 Å². The molecule has 1 rings (SSSR count). The summed E-state index contributed by atoms with van der Waals surface area (Å²) in [6.07, 6.45) is 25.0. The zero-order chi connectivity index (χ0) is 18.4. The van der Waals surface area contributed by atoms with E-state index in [4.69, 9.17) is 5.11 Å². The van der Waals surface area contributed by atoms with Gasteiger partial charge in [-0.15, -0.1) is 0 Å². The van der Waals surface area contributed by atoms with Crippen molar-refractivity contribution in [3.05, 3.63) is 12.2 Å². The number of hydrogen-bond donors (Lipinski definition) is 2. The molecule has 0 spiro atoms. The maximum absolute atomic E-state index is 10.1. The van der Waals surface area contributed by atoms with Crippen LogP contribution in [0.3, 0.4) is 0 Å². The van der Waals surface area contributed by atoms with Gasteiger partial charge in [0.1, 0.15) is 0 Å². The van der Waals surface area contributed by atoms with Gasteiger partial charge in [-0.25, -0.2) is 0 Å². The highest BCUT2D eigenvalue weighted by Crippen LogP contribution is 2.09. The SMILES string of the molecule is CCCCCCCC/C=C\CCCCCCCCO.O=C1CCCN1. The monoisotopic (exact) mass is 353 g/mol. The Balaban J connectivity index is 0.000000796. The van der Waals surface area contributed by atoms with E-state index in [-0.39, 0.29) is 5.91 Å². The predicted octanol–water partition coefficient (Wildman–Crippen LogP) is 5.91. The number of nitrogens with one attached hydrogen (secondary N) is 1. The van der Waals surface area contributed by atoms with Gasteiger partial charge in [0.15, 0.2) is 0 Å². The van der Waals surface area contributed by atoms with Crippen molar-refractivity contribution in [3.8, 4) is 0 Å². The quantitative estimate of drug-likeness (QED) is 0.284. The van der Waals surface area contributed by atoms with E-state index >= 15 is 0 Å². The number of aliphatic hydroxyl groups is 1. The molecule has 0 atom stereocenters. The van der Waals surface area contributed by atoms with Crippen LogP contribution in [0, 0.1) is 0 Å². The Morgan fingerprint density at radius 1 is 0.840 bits per heavy atom. The highest BCUT2D eigenvalue weighted by molar-refractivity contribution is 5.77. The first-order valence-electron chi connectivity index (χ1n) is 10.8. The molecule has 0 aromatic carbocycles. The van der Waals surface area contributed by atoms with E-state index in [1.54, 1.807) is 0 Å². The number of carbonyl (C=O) groups is 1. The van der Waals surface area contributed by atoms with Crippen LogP contribution < -0.4 is 5.32 Å². The highest BCUT2D eigenvalue weighted by atomic mass is 16.2. The summed E-state index contributed by atoms with van der Waals surface area (Å²) in [4.78, 5) is 10.1. The van der Waals surface area contributed by atoms with Gasteiger partial charge in [-0.05, 0) is 38.5 Å². The van der Waals surface area contributed by atoms with E-state index in [1.807, 2.05) is 0 Å². The second-order valence-corrected chi connectivity index (χ2v) is 7.11. The molecular weight excluding hydrogens is 310 g/mol. The van der Waals surface area contributed by atoms with E-state index in [1.165, 1.54) is 83.5 Å². The number of rotatable bonds is 15. The third-order valence-corrected chi connectivity index (χ3v) is 4.57. The fourth-order valence-electron chi connectivity index (χ4n) is 2.92. The lowest BCUT2D eigenvalue weighted by molar-refractivity contribution is -0.119. The molecule has 0 unspecified atom stereocenters. The Hall–Kier alpha value is -0.830. The van der Waals surface area contributed by atoms with E-state index < -0.39 is 0 Å². The minimum Gasteiger partial charge on any atom is -0.396 e. The summed E-state index contributed by atoms with van der Waals surface area (Å²) >= 11 is 0. The van der Waals surface area contributed by atoms with Crippen LogP contribution in [0.5, 0.6) is 0 Å². The van der Waals surface area contributed by atoms with Crippen molar-refractivity contribution >= 4 is 5.91 Å². The van der Waals surface area contributed by atoms with Gasteiger partial charge in [-0.1, -0.05) is 76.9 Å². The standard InChI is InChI=1S/C18H36O.C4H7NO/c1-2-3-4-5-6-7-8-9-10-11-12-13-14-15-16-17-18-19;6-4-2-1-3-5-4/h9-10,19H,2-8,11-18H2,1H3;1-3H2,(H,5,6)/b10-9-;. The number of amides is 1. The van der Waals surface area contributed by atoms with Crippen molar-refractivity contribution in [1.82, 2.24) is 5.32 Å². The molecule has 1 saturated heterocycles. The van der Waals surface area contributed by atoms with E-state index in [2.05, 4.69) is 24.4 Å². The van der Waals surface area contributed by atoms with Gasteiger partial charge >= 0.3 is 0 Å². The number of allylic oxidation sites excluding steroid dienone is 2. The minimum absolute atomic E-state index is 0.204. The van der Waals surface area contributed by atoms with E-state index in [0.29, 0.717) is 6.61 Å². The molecule has 1 amide bonds. The number of unbranched alkanes of at least 4 members (excludes halogenated alkanes) is 12. The molecule has 3 nitrogen and oxygen atoms in total. The number of carbonyl (C=O) groups excluding carboxylic acids is 1. The Bertz CT molecular complexity index is 294. The van der Waals surface area contributed by atoms with Gasteiger partial charge < -0.3 is 10.4 Å². The van der Waals surface area contributed by atoms with Gasteiger partial charge in [0, 0.05) is 19.6 Å². The van der Waals surface area contributed by atoms with Gasteiger partial charge in [-0.3, -0.25) is 4.79 Å². The zero-order valence-electron chi connectivity index (χ0n) is 16.7. The Morgan fingerprint density at radius 2 is 1.36 bits per heavy atom. The summed E-state index contributed by atoms with van der Waals surface area (Å²) < 4.78 is 0. The third kappa shape index (κ3) is 21.1. The third-order valence-electron chi connectivity index (χ3n) is 4.57. The molecule has 0 radical (unpaired) electrons. The summed E-state index contributed by atoms with van der Waals surface area (Å²) in [7, 11) is 0.